The van der Waals surface area contributed by atoms with Crippen LogP contribution >= 0.6 is 0 Å². The van der Waals surface area contributed by atoms with Crippen molar-refractivity contribution in [3.63, 3.8) is 0 Å². The summed E-state index contributed by atoms with van der Waals surface area (Å²) in [5, 5.41) is 8.54. The van der Waals surface area contributed by atoms with Crippen LogP contribution in [0.1, 0.15) is 13.8 Å². The molecule has 6 nitrogen and oxygen atoms in total. The summed E-state index contributed by atoms with van der Waals surface area (Å²) in [5.41, 5.74) is 4.92. The lowest BCUT2D eigenvalue weighted by Gasteiger charge is -2.23. The van der Waals surface area contributed by atoms with Crippen LogP contribution in [0.2, 0.25) is 0 Å². The minimum absolute atomic E-state index is 0.347. The number of aliphatic hydroxyl groups is 1. The second-order valence-electron chi connectivity index (χ2n) is 3.14. The first kappa shape index (κ1) is 13.3. The predicted molar refractivity (Wildman–Crippen MR) is 51.9 cm³/mol. The van der Waals surface area contributed by atoms with Gasteiger partial charge >= 0.3 is 0 Å². The van der Waals surface area contributed by atoms with Crippen LogP contribution in [0.15, 0.2) is 0 Å². The van der Waals surface area contributed by atoms with Crippen LogP contribution in [-0.2, 0) is 14.8 Å². The Labute approximate surface area is 83.7 Å². The Morgan fingerprint density at radius 1 is 1.50 bits per heavy atom. The van der Waals surface area contributed by atoms with Crippen LogP contribution in [-0.4, -0.2) is 48.7 Å². The quantitative estimate of drug-likeness (QED) is 0.573. The molecule has 3 N–H and O–H groups in total. The Morgan fingerprint density at radius 2 is 2.00 bits per heavy atom. The van der Waals surface area contributed by atoms with E-state index in [1.807, 2.05) is 0 Å². The minimum Gasteiger partial charge on any atom is -0.395 e. The van der Waals surface area contributed by atoms with E-state index in [1.54, 1.807) is 13.8 Å². The fraction of sp³-hybridized carbons (Fsp3) is 0.857. The van der Waals surface area contributed by atoms with Crippen molar-refractivity contribution in [3.05, 3.63) is 0 Å². The fourth-order valence-electron chi connectivity index (χ4n) is 0.988. The van der Waals surface area contributed by atoms with E-state index in [0.717, 1.165) is 4.31 Å². The Hall–Kier alpha value is -0.660. The third kappa shape index (κ3) is 4.03. The molecule has 0 rings (SSSR count). The Bertz CT molecular complexity index is 286. The molecule has 0 heterocycles. The lowest BCUT2D eigenvalue weighted by molar-refractivity contribution is -0.118. The largest absolute Gasteiger partial charge is 0.395 e. The summed E-state index contributed by atoms with van der Waals surface area (Å²) < 4.78 is 23.9. The number of hydrogen-bond donors (Lipinski definition) is 2. The monoisotopic (exact) mass is 224 g/mol. The molecule has 84 valence electrons. The first-order chi connectivity index (χ1) is 6.31. The smallest absolute Gasteiger partial charge is 0.232 e. The number of carbonyl (C=O) groups excluding carboxylic acids is 1. The van der Waals surface area contributed by atoms with Crippen molar-refractivity contribution in [2.45, 2.75) is 19.9 Å². The maximum atomic E-state index is 11.5. The zero-order valence-corrected chi connectivity index (χ0v) is 9.12. The van der Waals surface area contributed by atoms with Gasteiger partial charge in [0.15, 0.2) is 0 Å². The molecule has 0 aromatic carbocycles. The Morgan fingerprint density at radius 3 is 2.29 bits per heavy atom. The molecule has 0 saturated heterocycles. The highest BCUT2D eigenvalue weighted by molar-refractivity contribution is 7.89. The lowest BCUT2D eigenvalue weighted by Crippen LogP contribution is -2.44. The number of aliphatic hydroxyl groups excluding tert-OH is 1. The number of nitrogens with zero attached hydrogens (tertiary/aromatic N) is 1. The van der Waals surface area contributed by atoms with E-state index in [-0.39, 0.29) is 12.6 Å². The molecule has 0 aliphatic heterocycles. The van der Waals surface area contributed by atoms with E-state index in [1.165, 1.54) is 0 Å². The summed E-state index contributed by atoms with van der Waals surface area (Å²) in [7, 11) is -3.58. The van der Waals surface area contributed by atoms with Crippen molar-refractivity contribution in [1.29, 1.82) is 0 Å². The first-order valence-corrected chi connectivity index (χ1v) is 5.81. The molecular weight excluding hydrogens is 208 g/mol. The average molecular weight is 224 g/mol. The molecule has 0 unspecified atom stereocenters. The van der Waals surface area contributed by atoms with Gasteiger partial charge in [-0.15, -0.1) is 0 Å². The number of carbonyl (C=O) groups is 1. The van der Waals surface area contributed by atoms with Crippen LogP contribution in [0.4, 0.5) is 0 Å². The van der Waals surface area contributed by atoms with Gasteiger partial charge in [-0.3, -0.25) is 4.79 Å². The van der Waals surface area contributed by atoms with Crippen LogP contribution in [0.25, 0.3) is 0 Å². The van der Waals surface area contributed by atoms with Gasteiger partial charge in [-0.25, -0.2) is 8.42 Å². The van der Waals surface area contributed by atoms with E-state index in [2.05, 4.69) is 0 Å². The number of sulfonamides is 1. The Kier molecular flexibility index (Phi) is 5.03. The van der Waals surface area contributed by atoms with E-state index in [0.29, 0.717) is 0 Å². The fourth-order valence-corrected chi connectivity index (χ4v) is 2.42. The van der Waals surface area contributed by atoms with Crippen molar-refractivity contribution >= 4 is 15.9 Å². The number of rotatable bonds is 6. The molecule has 0 spiro atoms. The normalized spacial score (nSPS) is 12.4. The van der Waals surface area contributed by atoms with Gasteiger partial charge in [0.1, 0.15) is 0 Å². The number of primary amides is 1. The van der Waals surface area contributed by atoms with Gasteiger partial charge in [-0.1, -0.05) is 0 Å². The van der Waals surface area contributed by atoms with Crippen molar-refractivity contribution in [3.8, 4) is 0 Å². The van der Waals surface area contributed by atoms with Gasteiger partial charge in [0.2, 0.25) is 15.9 Å². The molecule has 0 aliphatic rings. The molecule has 0 aliphatic carbocycles. The lowest BCUT2D eigenvalue weighted by atomic mass is 10.4. The zero-order valence-electron chi connectivity index (χ0n) is 8.30. The summed E-state index contributed by atoms with van der Waals surface area (Å²) in [6, 6.07) is -0.348. The van der Waals surface area contributed by atoms with Crippen molar-refractivity contribution in [2.75, 3.05) is 18.9 Å². The molecule has 14 heavy (non-hydrogen) atoms. The standard InChI is InChI=1S/C7H16N2O4S/c1-6(2)9(5-7(8)11)14(12,13)4-3-10/h6,10H,3-5H2,1-2H3,(H2,8,11). The second-order valence-corrected chi connectivity index (χ2v) is 5.19. The molecule has 0 saturated carbocycles. The van der Waals surface area contributed by atoms with Gasteiger partial charge in [-0.05, 0) is 13.8 Å². The van der Waals surface area contributed by atoms with E-state index in [9.17, 15) is 13.2 Å². The molecule has 7 heteroatoms. The van der Waals surface area contributed by atoms with Crippen molar-refractivity contribution in [1.82, 2.24) is 4.31 Å². The maximum Gasteiger partial charge on any atom is 0.232 e. The first-order valence-electron chi connectivity index (χ1n) is 4.20. The SMILES string of the molecule is CC(C)N(CC(N)=O)S(=O)(=O)CCO. The van der Waals surface area contributed by atoms with E-state index in [4.69, 9.17) is 10.8 Å². The topological polar surface area (TPSA) is 101 Å². The minimum atomic E-state index is -3.58. The molecular formula is C7H16N2O4S. The molecule has 0 fully saturated rings. The van der Waals surface area contributed by atoms with Crippen molar-refractivity contribution < 1.29 is 18.3 Å². The number of hydrogen-bond acceptors (Lipinski definition) is 4. The highest BCUT2D eigenvalue weighted by Crippen LogP contribution is 2.06. The zero-order chi connectivity index (χ0) is 11.4. The van der Waals surface area contributed by atoms with Gasteiger partial charge in [0, 0.05) is 6.04 Å². The van der Waals surface area contributed by atoms with Gasteiger partial charge < -0.3 is 10.8 Å². The molecule has 0 radical (unpaired) electrons. The predicted octanol–water partition coefficient (Wildman–Crippen LogP) is -1.50. The third-order valence-electron chi connectivity index (χ3n) is 1.59. The van der Waals surface area contributed by atoms with E-state index < -0.39 is 28.3 Å². The van der Waals surface area contributed by atoms with Crippen LogP contribution in [0, 0.1) is 0 Å². The summed E-state index contributed by atoms with van der Waals surface area (Å²) in [6.07, 6.45) is 0. The third-order valence-corrected chi connectivity index (χ3v) is 3.56. The highest BCUT2D eigenvalue weighted by atomic mass is 32.2. The summed E-state index contributed by atoms with van der Waals surface area (Å²) in [5.74, 6) is -1.10. The maximum absolute atomic E-state index is 11.5. The number of nitrogens with two attached hydrogens (primary N) is 1. The summed E-state index contributed by atoms with van der Waals surface area (Å²) in [4.78, 5) is 10.6. The van der Waals surface area contributed by atoms with Gasteiger partial charge in [0.05, 0.1) is 18.9 Å². The van der Waals surface area contributed by atoms with Crippen LogP contribution in [0.5, 0.6) is 0 Å². The average Bonchev–Trinajstić information content (AvgIpc) is 1.99. The summed E-state index contributed by atoms with van der Waals surface area (Å²) >= 11 is 0. The van der Waals surface area contributed by atoms with Crippen LogP contribution < -0.4 is 5.73 Å². The second kappa shape index (κ2) is 5.28. The molecule has 0 aromatic heterocycles. The molecule has 0 bridgehead atoms. The van der Waals surface area contributed by atoms with Crippen molar-refractivity contribution in [2.24, 2.45) is 5.73 Å². The van der Waals surface area contributed by atoms with Gasteiger partial charge in [-0.2, -0.15) is 4.31 Å². The van der Waals surface area contributed by atoms with Crippen LogP contribution in [0.3, 0.4) is 0 Å². The number of amides is 1. The Balaban J connectivity index is 4.73. The summed E-state index contributed by atoms with van der Waals surface area (Å²) in [6.45, 7) is 2.46. The molecule has 0 atom stereocenters. The molecule has 1 amide bonds. The van der Waals surface area contributed by atoms with E-state index >= 15 is 0 Å². The molecule has 0 aromatic rings. The van der Waals surface area contributed by atoms with Gasteiger partial charge in [0.25, 0.3) is 0 Å². The highest BCUT2D eigenvalue weighted by Gasteiger charge is 2.25.